The Morgan fingerprint density at radius 3 is 2.92 bits per heavy atom. The maximum absolute atomic E-state index is 3.57. The Morgan fingerprint density at radius 1 is 1.25 bits per heavy atom. The highest BCUT2D eigenvalue weighted by Gasteiger charge is 2.19. The molecule has 0 aliphatic heterocycles. The van der Waals surface area contributed by atoms with Crippen LogP contribution in [-0.4, -0.2) is 0 Å². The Hall–Kier alpha value is -0.0800. The highest BCUT2D eigenvalue weighted by Crippen LogP contribution is 2.38. The van der Waals surface area contributed by atoms with Gasteiger partial charge in [-0.1, -0.05) is 30.4 Å². The lowest BCUT2D eigenvalue weighted by atomic mass is 9.88. The molecule has 1 atom stereocenters. The van der Waals surface area contributed by atoms with E-state index in [0.717, 1.165) is 6.42 Å². The summed E-state index contributed by atoms with van der Waals surface area (Å²) in [5.74, 6) is 0.575. The largest absolute Gasteiger partial charge is 0.0767 e. The summed E-state index contributed by atoms with van der Waals surface area (Å²) in [6.45, 7) is 0. The molecule has 0 saturated carbocycles. The summed E-state index contributed by atoms with van der Waals surface area (Å²) >= 11 is 7.09. The number of allylic oxidation sites excluding steroid dienone is 8. The Kier molecular flexibility index (Phi) is 2.37. The number of halogens is 2. The molecule has 0 saturated heterocycles. The summed E-state index contributed by atoms with van der Waals surface area (Å²) in [7, 11) is 0. The molecular formula is C10H8Br2. The molecule has 0 N–H and O–H groups in total. The van der Waals surface area contributed by atoms with Gasteiger partial charge in [-0.25, -0.2) is 0 Å². The fourth-order valence-corrected chi connectivity index (χ4v) is 2.49. The molecule has 0 radical (unpaired) electrons. The van der Waals surface area contributed by atoms with E-state index in [1.165, 1.54) is 14.5 Å². The molecule has 2 heteroatoms. The highest BCUT2D eigenvalue weighted by molar-refractivity contribution is 9.15. The third kappa shape index (κ3) is 1.38. The van der Waals surface area contributed by atoms with Crippen LogP contribution in [0.15, 0.2) is 44.9 Å². The van der Waals surface area contributed by atoms with Crippen molar-refractivity contribution in [3.8, 4) is 0 Å². The fraction of sp³-hybridized carbons (Fsp3) is 0.200. The fourth-order valence-electron chi connectivity index (χ4n) is 1.48. The third-order valence-corrected chi connectivity index (χ3v) is 4.28. The van der Waals surface area contributed by atoms with Crippen molar-refractivity contribution >= 4 is 31.9 Å². The molecule has 0 heterocycles. The van der Waals surface area contributed by atoms with Gasteiger partial charge in [0.25, 0.3) is 0 Å². The minimum Gasteiger partial charge on any atom is -0.0767 e. The van der Waals surface area contributed by atoms with Crippen LogP contribution in [0.4, 0.5) is 0 Å². The Labute approximate surface area is 89.0 Å². The van der Waals surface area contributed by atoms with Gasteiger partial charge < -0.3 is 0 Å². The van der Waals surface area contributed by atoms with Crippen molar-refractivity contribution in [3.05, 3.63) is 44.9 Å². The second-order valence-electron chi connectivity index (χ2n) is 2.91. The zero-order valence-corrected chi connectivity index (χ0v) is 9.60. The number of fused-ring (bicyclic) bond motifs is 1. The van der Waals surface area contributed by atoms with Crippen molar-refractivity contribution in [2.45, 2.75) is 6.42 Å². The van der Waals surface area contributed by atoms with E-state index in [1.54, 1.807) is 0 Å². The van der Waals surface area contributed by atoms with Crippen molar-refractivity contribution in [2.24, 2.45) is 5.92 Å². The van der Waals surface area contributed by atoms with Gasteiger partial charge in [0.15, 0.2) is 0 Å². The Balaban J connectivity index is 2.45. The smallest absolute Gasteiger partial charge is 0.0352 e. The first-order chi connectivity index (χ1) is 5.79. The Bertz CT molecular complexity index is 319. The summed E-state index contributed by atoms with van der Waals surface area (Å²) in [6.07, 6.45) is 11.9. The van der Waals surface area contributed by atoms with Gasteiger partial charge in [-0.3, -0.25) is 0 Å². The average Bonchev–Trinajstić information content (AvgIpc) is 2.12. The van der Waals surface area contributed by atoms with E-state index in [-0.39, 0.29) is 0 Å². The maximum Gasteiger partial charge on any atom is 0.0352 e. The van der Waals surface area contributed by atoms with Crippen molar-refractivity contribution in [1.29, 1.82) is 0 Å². The van der Waals surface area contributed by atoms with Crippen LogP contribution in [-0.2, 0) is 0 Å². The van der Waals surface area contributed by atoms with Crippen LogP contribution in [0.1, 0.15) is 6.42 Å². The van der Waals surface area contributed by atoms with Crippen LogP contribution in [0.3, 0.4) is 0 Å². The molecule has 12 heavy (non-hydrogen) atoms. The molecular weight excluding hydrogens is 280 g/mol. The second kappa shape index (κ2) is 3.35. The molecule has 0 amide bonds. The molecule has 1 unspecified atom stereocenters. The first kappa shape index (κ1) is 8.52. The lowest BCUT2D eigenvalue weighted by Gasteiger charge is -2.21. The monoisotopic (exact) mass is 286 g/mol. The van der Waals surface area contributed by atoms with Gasteiger partial charge >= 0.3 is 0 Å². The number of rotatable bonds is 0. The van der Waals surface area contributed by atoms with E-state index in [4.69, 9.17) is 0 Å². The van der Waals surface area contributed by atoms with Crippen molar-refractivity contribution < 1.29 is 0 Å². The minimum atomic E-state index is 0.575. The van der Waals surface area contributed by atoms with Gasteiger partial charge in [0.1, 0.15) is 0 Å². The van der Waals surface area contributed by atoms with Crippen molar-refractivity contribution in [3.63, 3.8) is 0 Å². The summed E-state index contributed by atoms with van der Waals surface area (Å²) in [4.78, 5) is 0. The highest BCUT2D eigenvalue weighted by atomic mass is 79.9. The van der Waals surface area contributed by atoms with Crippen LogP contribution in [0.25, 0.3) is 0 Å². The van der Waals surface area contributed by atoms with Gasteiger partial charge in [-0.2, -0.15) is 0 Å². The average molecular weight is 288 g/mol. The molecule has 0 aromatic rings. The molecule has 0 spiro atoms. The predicted molar refractivity (Wildman–Crippen MR) is 59.4 cm³/mol. The quantitative estimate of drug-likeness (QED) is 0.630. The lowest BCUT2D eigenvalue weighted by molar-refractivity contribution is 0.776. The van der Waals surface area contributed by atoms with Crippen LogP contribution in [0.5, 0.6) is 0 Å². The van der Waals surface area contributed by atoms with Gasteiger partial charge in [0.05, 0.1) is 0 Å². The van der Waals surface area contributed by atoms with E-state index >= 15 is 0 Å². The van der Waals surface area contributed by atoms with Crippen LogP contribution in [0.2, 0.25) is 0 Å². The molecule has 0 fully saturated rings. The van der Waals surface area contributed by atoms with Crippen LogP contribution < -0.4 is 0 Å². The van der Waals surface area contributed by atoms with Gasteiger partial charge in [0.2, 0.25) is 0 Å². The van der Waals surface area contributed by atoms with Gasteiger partial charge in [-0.05, 0) is 43.9 Å². The second-order valence-corrected chi connectivity index (χ2v) is 4.55. The third-order valence-electron chi connectivity index (χ3n) is 2.14. The van der Waals surface area contributed by atoms with Crippen molar-refractivity contribution in [1.82, 2.24) is 0 Å². The van der Waals surface area contributed by atoms with E-state index in [0.29, 0.717) is 5.92 Å². The lowest BCUT2D eigenvalue weighted by Crippen LogP contribution is -2.06. The summed E-state index contributed by atoms with van der Waals surface area (Å²) in [6, 6.07) is 0. The normalized spacial score (nSPS) is 27.2. The van der Waals surface area contributed by atoms with E-state index < -0.39 is 0 Å². The number of hydrogen-bond donors (Lipinski definition) is 0. The standard InChI is InChI=1S/C10H8Br2/c11-9-6-5-7-3-1-2-4-8(7)10(9)12/h1-4,6-7H,5H2. The topological polar surface area (TPSA) is 0 Å². The van der Waals surface area contributed by atoms with E-state index in [2.05, 4.69) is 62.2 Å². The summed E-state index contributed by atoms with van der Waals surface area (Å²) < 4.78 is 2.37. The molecule has 0 nitrogen and oxygen atoms in total. The maximum atomic E-state index is 3.57. The van der Waals surface area contributed by atoms with Crippen LogP contribution in [0, 0.1) is 5.92 Å². The van der Waals surface area contributed by atoms with E-state index in [1.807, 2.05) is 0 Å². The molecule has 0 aromatic carbocycles. The molecule has 62 valence electrons. The molecule has 2 aliphatic carbocycles. The van der Waals surface area contributed by atoms with Gasteiger partial charge in [-0.15, -0.1) is 0 Å². The summed E-state index contributed by atoms with van der Waals surface area (Å²) in [5, 5.41) is 0. The predicted octanol–water partition coefficient (Wildman–Crippen LogP) is 4.06. The first-order valence-electron chi connectivity index (χ1n) is 3.89. The SMILES string of the molecule is BrC1=CCC2C=CC=CC2=C1Br. The molecule has 2 rings (SSSR count). The number of hydrogen-bond acceptors (Lipinski definition) is 0. The summed E-state index contributed by atoms with van der Waals surface area (Å²) in [5.41, 5.74) is 1.38. The molecule has 0 aromatic heterocycles. The Morgan fingerprint density at radius 2 is 2.08 bits per heavy atom. The first-order valence-corrected chi connectivity index (χ1v) is 5.48. The van der Waals surface area contributed by atoms with E-state index in [9.17, 15) is 0 Å². The van der Waals surface area contributed by atoms with Crippen molar-refractivity contribution in [2.75, 3.05) is 0 Å². The zero-order chi connectivity index (χ0) is 8.55. The zero-order valence-electron chi connectivity index (χ0n) is 6.43. The molecule has 2 aliphatic rings. The van der Waals surface area contributed by atoms with Gasteiger partial charge in [0, 0.05) is 14.9 Å². The minimum absolute atomic E-state index is 0.575. The van der Waals surface area contributed by atoms with Crippen LogP contribution >= 0.6 is 31.9 Å². The molecule has 0 bridgehead atoms.